The Bertz CT molecular complexity index is 891. The Morgan fingerprint density at radius 2 is 1.22 bits per heavy atom. The predicted molar refractivity (Wildman–Crippen MR) is 115 cm³/mol. The zero-order valence-electron chi connectivity index (χ0n) is 15.0. The monoisotopic (exact) mass is 392 g/mol. The Morgan fingerprint density at radius 3 is 1.74 bits per heavy atom. The number of thioether (sulfide) groups is 2. The van der Waals surface area contributed by atoms with Gasteiger partial charge in [-0.15, -0.1) is 0 Å². The largest absolute Gasteiger partial charge is 0.462 e. The number of carbonyl (C=O) groups is 1. The first-order valence-corrected chi connectivity index (χ1v) is 10.3. The molecule has 0 aromatic heterocycles. The molecule has 0 spiro atoms. The number of carbonyl (C=O) groups excluding carboxylic acids is 1. The summed E-state index contributed by atoms with van der Waals surface area (Å²) in [4.78, 5) is 16.4. The minimum atomic E-state index is -0.298. The molecule has 0 radical (unpaired) electrons. The summed E-state index contributed by atoms with van der Waals surface area (Å²) in [6.07, 6.45) is 0. The molecule has 0 atom stereocenters. The van der Waals surface area contributed by atoms with E-state index in [1.165, 1.54) is 11.8 Å². The second-order valence-electron chi connectivity index (χ2n) is 5.57. The van der Waals surface area contributed by atoms with E-state index in [0.717, 1.165) is 20.3 Å². The predicted octanol–water partition coefficient (Wildman–Crippen LogP) is 6.50. The van der Waals surface area contributed by atoms with Crippen LogP contribution in [0.25, 0.3) is 4.91 Å². The minimum absolute atomic E-state index is 0.298. The van der Waals surface area contributed by atoms with Crippen LogP contribution >= 0.6 is 23.5 Å². The second-order valence-corrected chi connectivity index (χ2v) is 7.74. The first-order chi connectivity index (χ1) is 13.3. The molecule has 4 heteroatoms. The van der Waals surface area contributed by atoms with Crippen LogP contribution in [-0.2, 0) is 9.53 Å². The van der Waals surface area contributed by atoms with Gasteiger partial charge in [0.25, 0.3) is 0 Å². The van der Waals surface area contributed by atoms with Crippen LogP contribution < -0.4 is 0 Å². The molecular formula is C23H20O2S2. The summed E-state index contributed by atoms with van der Waals surface area (Å²) in [5.41, 5.74) is 0.998. The number of esters is 1. The van der Waals surface area contributed by atoms with Crippen molar-refractivity contribution in [2.75, 3.05) is 6.61 Å². The van der Waals surface area contributed by atoms with Crippen molar-refractivity contribution in [1.82, 2.24) is 0 Å². The molecule has 136 valence electrons. The summed E-state index contributed by atoms with van der Waals surface area (Å²) in [6.45, 7) is 2.17. The number of hydrogen-bond acceptors (Lipinski definition) is 4. The fourth-order valence-corrected chi connectivity index (χ4v) is 4.51. The van der Waals surface area contributed by atoms with Gasteiger partial charge in [-0.2, -0.15) is 0 Å². The van der Waals surface area contributed by atoms with Crippen molar-refractivity contribution in [3.63, 3.8) is 0 Å². The molecule has 27 heavy (non-hydrogen) atoms. The van der Waals surface area contributed by atoms with Gasteiger partial charge < -0.3 is 4.74 Å². The molecule has 0 N–H and O–H groups in total. The molecule has 3 aromatic carbocycles. The summed E-state index contributed by atoms with van der Waals surface area (Å²) in [6, 6.07) is 30.0. The number of rotatable bonds is 7. The van der Waals surface area contributed by atoms with Crippen LogP contribution in [0.5, 0.6) is 0 Å². The summed E-state index contributed by atoms with van der Waals surface area (Å²) in [7, 11) is 0. The van der Waals surface area contributed by atoms with E-state index in [9.17, 15) is 4.79 Å². The molecule has 3 aromatic rings. The Labute approximate surface area is 168 Å². The maximum absolute atomic E-state index is 12.8. The van der Waals surface area contributed by atoms with Crippen LogP contribution in [0, 0.1) is 0 Å². The highest BCUT2D eigenvalue weighted by Gasteiger charge is 2.21. The second kappa shape index (κ2) is 10.0. The van der Waals surface area contributed by atoms with Crippen LogP contribution in [0.1, 0.15) is 12.5 Å². The highest BCUT2D eigenvalue weighted by Crippen LogP contribution is 2.42. The van der Waals surface area contributed by atoms with E-state index in [2.05, 4.69) is 0 Å². The molecule has 0 unspecified atom stereocenters. The smallest absolute Gasteiger partial charge is 0.346 e. The van der Waals surface area contributed by atoms with Crippen molar-refractivity contribution < 1.29 is 9.53 Å². The van der Waals surface area contributed by atoms with Gasteiger partial charge in [-0.1, -0.05) is 90.3 Å². The third-order valence-corrected chi connectivity index (χ3v) is 5.99. The van der Waals surface area contributed by atoms with Crippen molar-refractivity contribution in [3.05, 3.63) is 101 Å². The van der Waals surface area contributed by atoms with E-state index in [0.29, 0.717) is 11.5 Å². The fraction of sp³-hybridized carbons (Fsp3) is 0.0870. The standard InChI is InChI=1S/C23H20O2S2/c1-2-25-23(24)22(27-20-16-10-5-11-17-20)21(18-12-6-3-7-13-18)26-19-14-8-4-9-15-19/h3-17H,2H2,1H3/b22-21-. The topological polar surface area (TPSA) is 26.3 Å². The zero-order chi connectivity index (χ0) is 18.9. The molecule has 0 saturated carbocycles. The van der Waals surface area contributed by atoms with E-state index < -0.39 is 0 Å². The fourth-order valence-electron chi connectivity index (χ4n) is 2.42. The molecular weight excluding hydrogens is 372 g/mol. The van der Waals surface area contributed by atoms with E-state index in [4.69, 9.17) is 4.74 Å². The molecule has 0 aliphatic carbocycles. The third-order valence-electron chi connectivity index (χ3n) is 3.63. The quantitative estimate of drug-likeness (QED) is 0.260. The van der Waals surface area contributed by atoms with Gasteiger partial charge in [0.05, 0.1) is 6.61 Å². The van der Waals surface area contributed by atoms with Gasteiger partial charge in [0, 0.05) is 14.7 Å². The molecule has 3 rings (SSSR count). The lowest BCUT2D eigenvalue weighted by Gasteiger charge is -2.14. The Balaban J connectivity index is 2.10. The molecule has 0 aliphatic rings. The van der Waals surface area contributed by atoms with Crippen LogP contribution in [0.15, 0.2) is 106 Å². The summed E-state index contributed by atoms with van der Waals surface area (Å²) >= 11 is 3.02. The van der Waals surface area contributed by atoms with Crippen LogP contribution in [-0.4, -0.2) is 12.6 Å². The van der Waals surface area contributed by atoms with E-state index in [1.807, 2.05) is 97.9 Å². The molecule has 0 fully saturated rings. The Morgan fingerprint density at radius 1 is 0.741 bits per heavy atom. The van der Waals surface area contributed by atoms with Crippen molar-refractivity contribution >= 4 is 34.4 Å². The summed E-state index contributed by atoms with van der Waals surface area (Å²) in [5.74, 6) is -0.298. The van der Waals surface area contributed by atoms with E-state index in [-0.39, 0.29) is 5.97 Å². The molecule has 0 aliphatic heterocycles. The molecule has 0 bridgehead atoms. The number of ether oxygens (including phenoxy) is 1. The van der Waals surface area contributed by atoms with Crippen molar-refractivity contribution in [2.24, 2.45) is 0 Å². The van der Waals surface area contributed by atoms with Crippen LogP contribution in [0.4, 0.5) is 0 Å². The van der Waals surface area contributed by atoms with Gasteiger partial charge in [-0.25, -0.2) is 4.79 Å². The molecule has 2 nitrogen and oxygen atoms in total. The lowest BCUT2D eigenvalue weighted by molar-refractivity contribution is -0.137. The maximum atomic E-state index is 12.8. The molecule has 0 saturated heterocycles. The van der Waals surface area contributed by atoms with Crippen LogP contribution in [0.3, 0.4) is 0 Å². The average molecular weight is 393 g/mol. The third kappa shape index (κ3) is 5.52. The van der Waals surface area contributed by atoms with Gasteiger partial charge in [0.15, 0.2) is 0 Å². The minimum Gasteiger partial charge on any atom is -0.462 e. The van der Waals surface area contributed by atoms with Crippen LogP contribution in [0.2, 0.25) is 0 Å². The maximum Gasteiger partial charge on any atom is 0.346 e. The lowest BCUT2D eigenvalue weighted by atomic mass is 10.2. The van der Waals surface area contributed by atoms with Gasteiger partial charge in [0.1, 0.15) is 4.91 Å². The SMILES string of the molecule is CCOC(=O)/C(Sc1ccccc1)=C(/Sc1ccccc1)c1ccccc1. The zero-order valence-corrected chi connectivity index (χ0v) is 16.6. The normalized spacial score (nSPS) is 11.6. The van der Waals surface area contributed by atoms with E-state index >= 15 is 0 Å². The first kappa shape index (κ1) is 19.3. The lowest BCUT2D eigenvalue weighted by Crippen LogP contribution is -2.07. The Hall–Kier alpha value is -2.43. The summed E-state index contributed by atoms with van der Waals surface area (Å²) < 4.78 is 5.39. The van der Waals surface area contributed by atoms with Gasteiger partial charge >= 0.3 is 5.97 Å². The Kier molecular flexibility index (Phi) is 7.19. The van der Waals surface area contributed by atoms with Gasteiger partial charge in [0.2, 0.25) is 0 Å². The van der Waals surface area contributed by atoms with Crippen molar-refractivity contribution in [2.45, 2.75) is 16.7 Å². The number of benzene rings is 3. The highest BCUT2D eigenvalue weighted by molar-refractivity contribution is 8.11. The first-order valence-electron chi connectivity index (χ1n) is 8.70. The molecule has 0 heterocycles. The van der Waals surface area contributed by atoms with Crippen molar-refractivity contribution in [3.8, 4) is 0 Å². The average Bonchev–Trinajstić information content (AvgIpc) is 2.73. The van der Waals surface area contributed by atoms with E-state index in [1.54, 1.807) is 11.8 Å². The van der Waals surface area contributed by atoms with Gasteiger partial charge in [-0.05, 0) is 36.8 Å². The van der Waals surface area contributed by atoms with Gasteiger partial charge in [-0.3, -0.25) is 0 Å². The highest BCUT2D eigenvalue weighted by atomic mass is 32.2. The number of hydrogen-bond donors (Lipinski definition) is 0. The molecule has 0 amide bonds. The van der Waals surface area contributed by atoms with Crippen molar-refractivity contribution in [1.29, 1.82) is 0 Å². The summed E-state index contributed by atoms with van der Waals surface area (Å²) in [5, 5.41) is 0.